The van der Waals surface area contributed by atoms with Crippen LogP contribution in [-0.4, -0.2) is 13.5 Å². The molecule has 0 spiro atoms. The van der Waals surface area contributed by atoms with E-state index in [1.165, 1.54) is 12.1 Å². The van der Waals surface area contributed by atoms with Crippen molar-refractivity contribution in [2.75, 3.05) is 4.31 Å². The molecule has 1 aliphatic rings. The van der Waals surface area contributed by atoms with Gasteiger partial charge in [-0.1, -0.05) is 36.4 Å². The van der Waals surface area contributed by atoms with Gasteiger partial charge in [0.1, 0.15) is 5.82 Å². The van der Waals surface area contributed by atoms with E-state index in [4.69, 9.17) is 0 Å². The van der Waals surface area contributed by atoms with Crippen molar-refractivity contribution in [2.45, 2.75) is 6.42 Å². The van der Waals surface area contributed by atoms with E-state index < -0.39 is 21.9 Å². The van der Waals surface area contributed by atoms with Gasteiger partial charge in [0.15, 0.2) is 0 Å². The van der Waals surface area contributed by atoms with Crippen LogP contribution in [0.25, 0.3) is 0 Å². The molecule has 0 unspecified atom stereocenters. The van der Waals surface area contributed by atoms with Crippen LogP contribution in [-0.2, 0) is 16.6 Å². The molecule has 5 nitrogen and oxygen atoms in total. The lowest BCUT2D eigenvalue weighted by atomic mass is 10.0. The smallest absolute Gasteiger partial charge is 0.330 e. The average Bonchev–Trinajstić information content (AvgIpc) is 2.73. The predicted molar refractivity (Wildman–Crippen MR) is 80.9 cm³/mol. The first-order valence-corrected chi connectivity index (χ1v) is 7.95. The Bertz CT molecular complexity index is 835. The average molecular weight is 320 g/mol. The van der Waals surface area contributed by atoms with Crippen LogP contribution in [0.2, 0.25) is 0 Å². The third-order valence-corrected chi connectivity index (χ3v) is 4.52. The number of halogens is 1. The van der Waals surface area contributed by atoms with E-state index in [2.05, 4.69) is 0 Å². The van der Waals surface area contributed by atoms with Crippen LogP contribution in [0.3, 0.4) is 0 Å². The van der Waals surface area contributed by atoms with Crippen molar-refractivity contribution in [3.63, 3.8) is 0 Å². The van der Waals surface area contributed by atoms with Gasteiger partial charge >= 0.3 is 10.2 Å². The highest BCUT2D eigenvalue weighted by Crippen LogP contribution is 2.27. The molecular formula is C15H13FN2O3S. The Morgan fingerprint density at radius 2 is 1.82 bits per heavy atom. The molecule has 2 aromatic rings. The van der Waals surface area contributed by atoms with Crippen molar-refractivity contribution < 1.29 is 17.9 Å². The lowest BCUT2D eigenvalue weighted by molar-refractivity contribution is 0.392. The van der Waals surface area contributed by atoms with Crippen molar-refractivity contribution in [3.05, 3.63) is 77.6 Å². The normalized spacial score (nSPS) is 16.2. The monoisotopic (exact) mass is 320 g/mol. The van der Waals surface area contributed by atoms with Crippen LogP contribution in [0.1, 0.15) is 11.1 Å². The van der Waals surface area contributed by atoms with E-state index in [9.17, 15) is 17.9 Å². The fraction of sp³-hybridized carbons (Fsp3) is 0.0667. The molecule has 0 atom stereocenters. The van der Waals surface area contributed by atoms with Crippen LogP contribution in [0.4, 0.5) is 10.1 Å². The lowest BCUT2D eigenvalue weighted by Crippen LogP contribution is -2.30. The van der Waals surface area contributed by atoms with Gasteiger partial charge in [0.05, 0.1) is 11.9 Å². The van der Waals surface area contributed by atoms with E-state index >= 15 is 0 Å². The molecule has 2 N–H and O–H groups in total. The van der Waals surface area contributed by atoms with E-state index in [1.807, 2.05) is 35.1 Å². The largest absolute Gasteiger partial charge is 0.493 e. The number of aliphatic hydroxyl groups is 1. The van der Waals surface area contributed by atoms with Crippen molar-refractivity contribution in [3.8, 4) is 0 Å². The number of nitrogens with one attached hydrogen (secondary N) is 1. The van der Waals surface area contributed by atoms with Crippen molar-refractivity contribution in [1.82, 2.24) is 4.72 Å². The van der Waals surface area contributed by atoms with Gasteiger partial charge in [0.25, 0.3) is 0 Å². The Labute approximate surface area is 127 Å². The summed E-state index contributed by atoms with van der Waals surface area (Å²) in [4.78, 5) is 0. The third kappa shape index (κ3) is 2.75. The quantitative estimate of drug-likeness (QED) is 0.912. The Kier molecular flexibility index (Phi) is 3.50. The minimum Gasteiger partial charge on any atom is -0.493 e. The summed E-state index contributed by atoms with van der Waals surface area (Å²) >= 11 is 0. The molecule has 1 heterocycles. The Balaban J connectivity index is 1.90. The Morgan fingerprint density at radius 1 is 1.09 bits per heavy atom. The molecule has 0 aromatic heterocycles. The van der Waals surface area contributed by atoms with Crippen LogP contribution in [0.5, 0.6) is 0 Å². The molecule has 1 aliphatic heterocycles. The fourth-order valence-electron chi connectivity index (χ4n) is 2.26. The first-order chi connectivity index (χ1) is 10.5. The molecule has 22 heavy (non-hydrogen) atoms. The van der Waals surface area contributed by atoms with E-state index in [1.54, 1.807) is 6.07 Å². The van der Waals surface area contributed by atoms with Crippen molar-refractivity contribution in [2.24, 2.45) is 0 Å². The minimum atomic E-state index is -3.98. The molecule has 0 bridgehead atoms. The topological polar surface area (TPSA) is 69.6 Å². The highest BCUT2D eigenvalue weighted by atomic mass is 32.2. The summed E-state index contributed by atoms with van der Waals surface area (Å²) in [6.45, 7) is 0. The summed E-state index contributed by atoms with van der Waals surface area (Å²) in [5.74, 6) is -1.22. The second-order valence-corrected chi connectivity index (χ2v) is 6.41. The fourth-order valence-corrected chi connectivity index (χ4v) is 3.32. The maximum Gasteiger partial charge on any atom is 0.330 e. The minimum absolute atomic E-state index is 0.145. The number of hydrogen-bond donors (Lipinski definition) is 2. The number of anilines is 1. The van der Waals surface area contributed by atoms with Gasteiger partial charge in [-0.05, 0) is 29.7 Å². The molecule has 2 aromatic carbocycles. The van der Waals surface area contributed by atoms with Gasteiger partial charge in [-0.3, -0.25) is 0 Å². The number of nitrogens with zero attached hydrogens (tertiary/aromatic N) is 1. The van der Waals surface area contributed by atoms with Gasteiger partial charge in [-0.25, -0.2) is 13.4 Å². The summed E-state index contributed by atoms with van der Waals surface area (Å²) in [5, 5.41) is 9.24. The summed E-state index contributed by atoms with van der Waals surface area (Å²) in [6, 6.07) is 13.9. The predicted octanol–water partition coefficient (Wildman–Crippen LogP) is 2.43. The van der Waals surface area contributed by atoms with Gasteiger partial charge < -0.3 is 5.11 Å². The van der Waals surface area contributed by atoms with Gasteiger partial charge in [-0.2, -0.15) is 8.42 Å². The van der Waals surface area contributed by atoms with Crippen LogP contribution in [0, 0.1) is 5.82 Å². The molecule has 0 aliphatic carbocycles. The zero-order chi connectivity index (χ0) is 15.7. The van der Waals surface area contributed by atoms with Crippen LogP contribution >= 0.6 is 0 Å². The molecule has 0 fully saturated rings. The van der Waals surface area contributed by atoms with Crippen LogP contribution in [0.15, 0.2) is 60.6 Å². The third-order valence-electron chi connectivity index (χ3n) is 3.23. The zero-order valence-electron chi connectivity index (χ0n) is 11.4. The van der Waals surface area contributed by atoms with E-state index in [0.717, 1.165) is 17.3 Å². The maximum atomic E-state index is 14.2. The molecule has 0 radical (unpaired) electrons. The van der Waals surface area contributed by atoms with E-state index in [0.29, 0.717) is 10.7 Å². The van der Waals surface area contributed by atoms with Crippen molar-refractivity contribution >= 4 is 15.9 Å². The first kappa shape index (κ1) is 14.4. The van der Waals surface area contributed by atoms with Crippen molar-refractivity contribution in [1.29, 1.82) is 0 Å². The molecule has 114 valence electrons. The molecule has 0 saturated heterocycles. The zero-order valence-corrected chi connectivity index (χ0v) is 12.2. The first-order valence-electron chi connectivity index (χ1n) is 6.51. The Hall–Kier alpha value is -2.54. The molecule has 0 saturated carbocycles. The number of benzene rings is 2. The lowest BCUT2D eigenvalue weighted by Gasteiger charge is -2.15. The molecular weight excluding hydrogens is 307 g/mol. The molecule has 3 rings (SSSR count). The summed E-state index contributed by atoms with van der Waals surface area (Å²) in [6.07, 6.45) is 1.47. The second kappa shape index (κ2) is 5.34. The Morgan fingerprint density at radius 3 is 2.41 bits per heavy atom. The summed E-state index contributed by atoms with van der Waals surface area (Å²) in [5.41, 5.74) is 1.61. The summed E-state index contributed by atoms with van der Waals surface area (Å²) < 4.78 is 40.2. The number of rotatable bonds is 3. The number of aliphatic hydroxyl groups excluding tert-OH is 1. The highest BCUT2D eigenvalue weighted by molar-refractivity contribution is 7.91. The SMILES string of the molecule is O=S1(=O)NC(O)=CN1c1ccc(Cc2ccccc2)cc1F. The van der Waals surface area contributed by atoms with Gasteiger partial charge in [0, 0.05) is 0 Å². The van der Waals surface area contributed by atoms with Crippen LogP contribution < -0.4 is 9.03 Å². The second-order valence-electron chi connectivity index (χ2n) is 4.87. The molecule has 0 amide bonds. The highest BCUT2D eigenvalue weighted by Gasteiger charge is 2.30. The summed E-state index contributed by atoms with van der Waals surface area (Å²) in [7, 11) is -3.98. The molecule has 7 heteroatoms. The van der Waals surface area contributed by atoms with Gasteiger partial charge in [0.2, 0.25) is 5.88 Å². The van der Waals surface area contributed by atoms with Gasteiger partial charge in [-0.15, -0.1) is 0 Å². The standard InChI is InChI=1S/C15H13FN2O3S/c16-13-9-12(8-11-4-2-1-3-5-11)6-7-14(13)18-10-15(19)17-22(18,20)21/h1-7,9-10,17,19H,8H2. The maximum absolute atomic E-state index is 14.2. The van der Waals surface area contributed by atoms with E-state index in [-0.39, 0.29) is 5.69 Å². The number of hydrogen-bond acceptors (Lipinski definition) is 3.